The molecule has 0 unspecified atom stereocenters. The maximum Gasteiger partial charge on any atom is 0.224 e. The van der Waals surface area contributed by atoms with Crippen molar-refractivity contribution in [2.24, 2.45) is 5.92 Å². The maximum atomic E-state index is 12.7. The number of aryl methyl sites for hydroxylation is 1. The SMILES string of the molecule is COc1cccc(NC(=O)CCC2CCN(C(=O)CCc3c[nH]c4ccccc34)CC2)c1. The van der Waals surface area contributed by atoms with Gasteiger partial charge in [0.25, 0.3) is 0 Å². The van der Waals surface area contributed by atoms with E-state index in [-0.39, 0.29) is 11.8 Å². The average molecular weight is 434 g/mol. The van der Waals surface area contributed by atoms with Gasteiger partial charge in [-0.2, -0.15) is 0 Å². The van der Waals surface area contributed by atoms with Crippen molar-refractivity contribution in [1.82, 2.24) is 9.88 Å². The van der Waals surface area contributed by atoms with Crippen molar-refractivity contribution in [3.8, 4) is 5.75 Å². The first-order valence-corrected chi connectivity index (χ1v) is 11.4. The van der Waals surface area contributed by atoms with Gasteiger partial charge in [-0.3, -0.25) is 9.59 Å². The van der Waals surface area contributed by atoms with Gasteiger partial charge in [-0.15, -0.1) is 0 Å². The number of H-pyrrole nitrogens is 1. The Hall–Kier alpha value is -3.28. The zero-order valence-electron chi connectivity index (χ0n) is 18.6. The molecule has 1 fully saturated rings. The van der Waals surface area contributed by atoms with Crippen molar-refractivity contribution in [3.05, 3.63) is 60.3 Å². The number of rotatable bonds is 8. The first-order chi connectivity index (χ1) is 15.6. The summed E-state index contributed by atoms with van der Waals surface area (Å²) in [7, 11) is 1.61. The minimum Gasteiger partial charge on any atom is -0.497 e. The van der Waals surface area contributed by atoms with E-state index in [2.05, 4.69) is 22.4 Å². The third kappa shape index (κ3) is 5.49. The molecule has 1 aliphatic rings. The number of aromatic nitrogens is 1. The van der Waals surface area contributed by atoms with Crippen LogP contribution in [-0.2, 0) is 16.0 Å². The molecule has 2 N–H and O–H groups in total. The highest BCUT2D eigenvalue weighted by atomic mass is 16.5. The Balaban J connectivity index is 1.17. The van der Waals surface area contributed by atoms with Gasteiger partial charge in [-0.05, 0) is 55.4 Å². The van der Waals surface area contributed by atoms with Crippen molar-refractivity contribution in [3.63, 3.8) is 0 Å². The summed E-state index contributed by atoms with van der Waals surface area (Å²) in [6.45, 7) is 1.57. The van der Waals surface area contributed by atoms with Gasteiger partial charge in [0.2, 0.25) is 11.8 Å². The molecule has 0 aliphatic carbocycles. The summed E-state index contributed by atoms with van der Waals surface area (Å²) in [4.78, 5) is 30.3. The minimum atomic E-state index is 0.0236. The quantitative estimate of drug-likeness (QED) is 0.538. The van der Waals surface area contributed by atoms with Crippen LogP contribution in [0.3, 0.4) is 0 Å². The fraction of sp³-hybridized carbons (Fsp3) is 0.385. The van der Waals surface area contributed by atoms with Crippen molar-refractivity contribution in [1.29, 1.82) is 0 Å². The number of piperidine rings is 1. The molecule has 0 saturated carbocycles. The Labute approximate surface area is 188 Å². The Bertz CT molecular complexity index is 1070. The number of nitrogens with zero attached hydrogens (tertiary/aromatic N) is 1. The second kappa shape index (κ2) is 10.4. The molecule has 2 amide bonds. The molecule has 0 spiro atoms. The number of likely N-dealkylation sites (tertiary alicyclic amines) is 1. The Morgan fingerprint density at radius 3 is 2.72 bits per heavy atom. The van der Waals surface area contributed by atoms with E-state index < -0.39 is 0 Å². The van der Waals surface area contributed by atoms with E-state index in [1.165, 1.54) is 10.9 Å². The van der Waals surface area contributed by atoms with Crippen LogP contribution in [0.25, 0.3) is 10.9 Å². The number of fused-ring (bicyclic) bond motifs is 1. The van der Waals surface area contributed by atoms with E-state index in [1.807, 2.05) is 47.5 Å². The lowest BCUT2D eigenvalue weighted by Crippen LogP contribution is -2.38. The lowest BCUT2D eigenvalue weighted by Gasteiger charge is -2.32. The number of hydrogen-bond acceptors (Lipinski definition) is 3. The molecule has 1 aliphatic heterocycles. The molecule has 32 heavy (non-hydrogen) atoms. The van der Waals surface area contributed by atoms with Crippen molar-refractivity contribution < 1.29 is 14.3 Å². The third-order valence-corrected chi connectivity index (χ3v) is 6.38. The molecule has 0 radical (unpaired) electrons. The third-order valence-electron chi connectivity index (χ3n) is 6.38. The van der Waals surface area contributed by atoms with Gasteiger partial charge in [0.05, 0.1) is 7.11 Å². The molecular formula is C26H31N3O3. The Kier molecular flexibility index (Phi) is 7.10. The number of amides is 2. The van der Waals surface area contributed by atoms with Crippen LogP contribution < -0.4 is 10.1 Å². The number of ether oxygens (including phenoxy) is 1. The van der Waals surface area contributed by atoms with Gasteiger partial charge in [0.1, 0.15) is 5.75 Å². The number of methoxy groups -OCH3 is 1. The fourth-order valence-corrected chi connectivity index (χ4v) is 4.47. The molecule has 2 heterocycles. The normalized spacial score (nSPS) is 14.5. The lowest BCUT2D eigenvalue weighted by atomic mass is 9.91. The van der Waals surface area contributed by atoms with Crippen LogP contribution in [0.5, 0.6) is 5.75 Å². The molecule has 6 heteroatoms. The van der Waals surface area contributed by atoms with Crippen LogP contribution in [0.15, 0.2) is 54.7 Å². The van der Waals surface area contributed by atoms with E-state index in [0.29, 0.717) is 18.8 Å². The van der Waals surface area contributed by atoms with E-state index in [9.17, 15) is 9.59 Å². The van der Waals surface area contributed by atoms with Crippen LogP contribution in [-0.4, -0.2) is 41.9 Å². The van der Waals surface area contributed by atoms with E-state index in [0.717, 1.165) is 55.7 Å². The van der Waals surface area contributed by atoms with Gasteiger partial charge in [-0.1, -0.05) is 24.3 Å². The summed E-state index contributed by atoms with van der Waals surface area (Å²) in [6.07, 6.45) is 6.59. The number of carbonyl (C=O) groups is 2. The summed E-state index contributed by atoms with van der Waals surface area (Å²) in [5.74, 6) is 1.47. The van der Waals surface area contributed by atoms with Crippen LogP contribution in [0.1, 0.15) is 37.7 Å². The molecule has 0 atom stereocenters. The predicted octanol–water partition coefficient (Wildman–Crippen LogP) is 4.77. The molecule has 168 valence electrons. The molecule has 0 bridgehead atoms. The number of nitrogens with one attached hydrogen (secondary N) is 2. The molecule has 1 aromatic heterocycles. The highest BCUT2D eigenvalue weighted by molar-refractivity contribution is 5.90. The molecule has 4 rings (SSSR count). The highest BCUT2D eigenvalue weighted by Gasteiger charge is 2.23. The van der Waals surface area contributed by atoms with Crippen LogP contribution in [0, 0.1) is 5.92 Å². The van der Waals surface area contributed by atoms with Gasteiger partial charge in [0, 0.05) is 54.8 Å². The first kappa shape index (κ1) is 21.9. The van der Waals surface area contributed by atoms with Crippen LogP contribution in [0.4, 0.5) is 5.69 Å². The molecule has 6 nitrogen and oxygen atoms in total. The largest absolute Gasteiger partial charge is 0.497 e. The Morgan fingerprint density at radius 1 is 1.09 bits per heavy atom. The number of aromatic amines is 1. The number of benzene rings is 2. The van der Waals surface area contributed by atoms with Crippen LogP contribution in [0.2, 0.25) is 0 Å². The van der Waals surface area contributed by atoms with E-state index >= 15 is 0 Å². The number of anilines is 1. The predicted molar refractivity (Wildman–Crippen MR) is 127 cm³/mol. The second-order valence-corrected chi connectivity index (χ2v) is 8.50. The topological polar surface area (TPSA) is 74.4 Å². The number of para-hydroxylation sites is 1. The minimum absolute atomic E-state index is 0.0236. The van der Waals surface area contributed by atoms with E-state index in [4.69, 9.17) is 4.74 Å². The zero-order valence-corrected chi connectivity index (χ0v) is 18.6. The molecular weight excluding hydrogens is 402 g/mol. The van der Waals surface area contributed by atoms with Crippen molar-refractivity contribution >= 4 is 28.4 Å². The number of hydrogen-bond donors (Lipinski definition) is 2. The highest BCUT2D eigenvalue weighted by Crippen LogP contribution is 2.24. The molecule has 2 aromatic carbocycles. The monoisotopic (exact) mass is 433 g/mol. The second-order valence-electron chi connectivity index (χ2n) is 8.50. The van der Waals surface area contributed by atoms with Crippen molar-refractivity contribution in [2.75, 3.05) is 25.5 Å². The van der Waals surface area contributed by atoms with Crippen molar-refractivity contribution in [2.45, 2.75) is 38.5 Å². The summed E-state index contributed by atoms with van der Waals surface area (Å²) in [5, 5.41) is 4.14. The van der Waals surface area contributed by atoms with Gasteiger partial charge < -0.3 is 19.9 Å². The number of carbonyl (C=O) groups excluding carboxylic acids is 2. The van der Waals surface area contributed by atoms with E-state index in [1.54, 1.807) is 7.11 Å². The summed E-state index contributed by atoms with van der Waals surface area (Å²) >= 11 is 0. The van der Waals surface area contributed by atoms with Gasteiger partial charge in [0.15, 0.2) is 0 Å². The summed E-state index contributed by atoms with van der Waals surface area (Å²) in [5.41, 5.74) is 3.07. The standard InChI is InChI=1S/C26H31N3O3/c1-32-22-6-4-5-21(17-22)28-25(30)11-9-19-13-15-29(16-14-19)26(31)12-10-20-18-27-24-8-3-2-7-23(20)24/h2-8,17-19,27H,9-16H2,1H3,(H,28,30). The smallest absolute Gasteiger partial charge is 0.224 e. The molecule has 1 saturated heterocycles. The van der Waals surface area contributed by atoms with Gasteiger partial charge in [-0.25, -0.2) is 0 Å². The summed E-state index contributed by atoms with van der Waals surface area (Å²) in [6, 6.07) is 15.6. The average Bonchev–Trinajstić information content (AvgIpc) is 3.25. The zero-order chi connectivity index (χ0) is 22.3. The molecule has 3 aromatic rings. The lowest BCUT2D eigenvalue weighted by molar-refractivity contribution is -0.132. The fourth-order valence-electron chi connectivity index (χ4n) is 4.47. The summed E-state index contributed by atoms with van der Waals surface area (Å²) < 4.78 is 5.19. The van der Waals surface area contributed by atoms with Crippen LogP contribution >= 0.6 is 0 Å². The van der Waals surface area contributed by atoms with Gasteiger partial charge >= 0.3 is 0 Å². The Morgan fingerprint density at radius 2 is 1.91 bits per heavy atom. The maximum absolute atomic E-state index is 12.7. The first-order valence-electron chi connectivity index (χ1n) is 11.4.